The van der Waals surface area contributed by atoms with Crippen molar-refractivity contribution in [1.29, 1.82) is 0 Å². The van der Waals surface area contributed by atoms with Crippen LogP contribution in [-0.2, 0) is 16.1 Å². The third-order valence-corrected chi connectivity index (χ3v) is 10.8. The van der Waals surface area contributed by atoms with Gasteiger partial charge in [-0.3, -0.25) is 9.59 Å². The lowest BCUT2D eigenvalue weighted by Crippen LogP contribution is -2.74. The van der Waals surface area contributed by atoms with Crippen LogP contribution >= 0.6 is 0 Å². The first-order valence-electron chi connectivity index (χ1n) is 14.7. The Morgan fingerprint density at radius 1 is 0.976 bits per heavy atom. The Morgan fingerprint density at radius 3 is 2.27 bits per heavy atom. The van der Waals surface area contributed by atoms with Crippen LogP contribution in [0.25, 0.3) is 16.7 Å². The van der Waals surface area contributed by atoms with E-state index in [-0.39, 0.29) is 24.0 Å². The number of aliphatic hydroxyl groups excluding tert-OH is 2. The fraction of sp³-hybridized carbons (Fsp3) is 0.469. The summed E-state index contributed by atoms with van der Waals surface area (Å²) >= 11 is 0. The largest absolute Gasteiger partial charge is 0.543 e. The van der Waals surface area contributed by atoms with E-state index in [1.165, 1.54) is 10.5 Å². The number of ketones is 1. The Bertz CT molecular complexity index is 1520. The molecule has 4 saturated heterocycles. The summed E-state index contributed by atoms with van der Waals surface area (Å²) in [4.78, 5) is 39.8. The molecule has 2 aromatic carbocycles. The number of nitrogens with zero attached hydrogens (tertiary/aromatic N) is 3. The zero-order chi connectivity index (χ0) is 28.8. The number of piperazine rings is 3. The molecular weight excluding hydrogens is 522 g/mol. The lowest BCUT2D eigenvalue weighted by molar-refractivity contribution is -1.09. The summed E-state index contributed by atoms with van der Waals surface area (Å²) in [5, 5.41) is 31.9. The molecule has 9 heteroatoms. The number of aliphatic hydroxyl groups is 2. The normalized spacial score (nSPS) is 32.1. The van der Waals surface area contributed by atoms with Crippen LogP contribution in [-0.4, -0.2) is 106 Å². The van der Waals surface area contributed by atoms with Crippen molar-refractivity contribution in [3.63, 3.8) is 0 Å². The molecule has 5 aliphatic heterocycles. The number of β-lactam (4-membered cyclic amide) rings is 1. The first-order valence-corrected chi connectivity index (χ1v) is 14.7. The number of hydrogen-bond acceptors (Lipinski definition) is 6. The molecule has 4 atom stereocenters. The van der Waals surface area contributed by atoms with Crippen molar-refractivity contribution in [3.8, 4) is 11.1 Å². The fourth-order valence-electron chi connectivity index (χ4n) is 8.45. The molecule has 0 saturated carbocycles. The van der Waals surface area contributed by atoms with Gasteiger partial charge in [0.25, 0.3) is 0 Å². The van der Waals surface area contributed by atoms with Gasteiger partial charge in [0.15, 0.2) is 5.78 Å². The van der Waals surface area contributed by atoms with E-state index in [0.29, 0.717) is 22.3 Å². The maximum atomic E-state index is 13.5. The van der Waals surface area contributed by atoms with Gasteiger partial charge in [-0.25, -0.2) is 0 Å². The Balaban J connectivity index is 1.19. The average Bonchev–Trinajstić information content (AvgIpc) is 3.37. The van der Waals surface area contributed by atoms with Crippen LogP contribution in [0.3, 0.4) is 0 Å². The molecule has 2 N–H and O–H groups in total. The molecule has 5 heterocycles. The average molecular weight is 559 g/mol. The number of amides is 1. The number of fused-ring (bicyclic) bond motifs is 7. The van der Waals surface area contributed by atoms with E-state index in [9.17, 15) is 29.7 Å². The summed E-state index contributed by atoms with van der Waals surface area (Å²) in [6, 6.07) is 11.2. The third kappa shape index (κ3) is 3.72. The van der Waals surface area contributed by atoms with Crippen molar-refractivity contribution < 1.29 is 38.7 Å². The summed E-state index contributed by atoms with van der Waals surface area (Å²) in [7, 11) is 0. The highest BCUT2D eigenvalue weighted by Gasteiger charge is 2.58. The lowest BCUT2D eigenvalue weighted by Gasteiger charge is -2.55. The maximum Gasteiger partial charge on any atom is 0.235 e. The number of hydrogen-bond donors (Lipinski definition) is 2. The van der Waals surface area contributed by atoms with Gasteiger partial charge in [-0.05, 0) is 47.4 Å². The second-order valence-corrected chi connectivity index (χ2v) is 12.9. The quantitative estimate of drug-likeness (QED) is 0.320. The molecular formula is C32H36N3O6+. The second-order valence-electron chi connectivity index (χ2n) is 12.9. The van der Waals surface area contributed by atoms with Gasteiger partial charge in [-0.2, -0.15) is 0 Å². The molecule has 1 amide bonds. The van der Waals surface area contributed by atoms with Crippen LogP contribution < -0.4 is 5.11 Å². The molecule has 2 aromatic rings. The molecule has 0 radical (unpaired) electrons. The van der Waals surface area contributed by atoms with Crippen molar-refractivity contribution >= 4 is 23.2 Å². The van der Waals surface area contributed by atoms with E-state index in [0.717, 1.165) is 72.5 Å². The fourth-order valence-corrected chi connectivity index (χ4v) is 8.45. The lowest BCUT2D eigenvalue weighted by atomic mass is 9.76. The predicted octanol–water partition coefficient (Wildman–Crippen LogP) is 0.370. The van der Waals surface area contributed by atoms with Crippen molar-refractivity contribution in [1.82, 2.24) is 4.90 Å². The molecule has 8 rings (SSSR count). The maximum absolute atomic E-state index is 13.5. The summed E-state index contributed by atoms with van der Waals surface area (Å²) in [5.41, 5.74) is 5.05. The van der Waals surface area contributed by atoms with Crippen molar-refractivity contribution in [2.45, 2.75) is 32.5 Å². The summed E-state index contributed by atoms with van der Waals surface area (Å²) in [6.45, 7) is 12.0. The first-order chi connectivity index (χ1) is 19.6. The van der Waals surface area contributed by atoms with E-state index in [2.05, 4.69) is 12.1 Å². The van der Waals surface area contributed by atoms with Gasteiger partial charge in [0.2, 0.25) is 5.91 Å². The Morgan fingerprint density at radius 2 is 1.63 bits per heavy atom. The van der Waals surface area contributed by atoms with Gasteiger partial charge in [-0.1, -0.05) is 25.1 Å². The van der Waals surface area contributed by atoms with Gasteiger partial charge in [0.1, 0.15) is 52.4 Å². The number of aliphatic carboxylic acids is 1. The first kappa shape index (κ1) is 26.5. The van der Waals surface area contributed by atoms with E-state index in [4.69, 9.17) is 0 Å². The van der Waals surface area contributed by atoms with Gasteiger partial charge < -0.3 is 34.0 Å². The minimum atomic E-state index is -1.43. The van der Waals surface area contributed by atoms with Gasteiger partial charge in [0.05, 0.1) is 36.3 Å². The molecule has 41 heavy (non-hydrogen) atoms. The zero-order valence-corrected chi connectivity index (χ0v) is 23.5. The Kier molecular flexibility index (Phi) is 5.86. The molecule has 2 bridgehead atoms. The molecule has 0 aromatic heterocycles. The molecule has 9 nitrogen and oxygen atoms in total. The minimum Gasteiger partial charge on any atom is -0.543 e. The zero-order valence-electron chi connectivity index (χ0n) is 23.5. The van der Waals surface area contributed by atoms with Crippen LogP contribution in [0.5, 0.6) is 0 Å². The smallest absolute Gasteiger partial charge is 0.235 e. The molecule has 4 fully saturated rings. The third-order valence-electron chi connectivity index (χ3n) is 10.8. The Hall–Kier alpha value is -3.37. The summed E-state index contributed by atoms with van der Waals surface area (Å²) in [5.74, 6) is -2.91. The van der Waals surface area contributed by atoms with E-state index in [1.807, 2.05) is 25.1 Å². The molecule has 0 unspecified atom stereocenters. The van der Waals surface area contributed by atoms with Crippen LogP contribution in [0.1, 0.15) is 40.9 Å². The predicted molar refractivity (Wildman–Crippen MR) is 148 cm³/mol. The highest BCUT2D eigenvalue weighted by Crippen LogP contribution is 2.51. The summed E-state index contributed by atoms with van der Waals surface area (Å²) < 4.78 is 2.08. The monoisotopic (exact) mass is 558 g/mol. The molecule has 0 spiro atoms. The SMILES string of the molecule is C[C@@H](O)[C@H]1C(=O)N2C(C(=O)[O-])=C(c3ccc4c(c3)C(=O)c3ccc(C[N+]56CC[N+](CCO)(CC5)CC6)cc3-4)[C@H](C)[C@H]12. The highest BCUT2D eigenvalue weighted by molar-refractivity contribution is 6.22. The number of carbonyl (C=O) groups excluding carboxylic acids is 3. The van der Waals surface area contributed by atoms with Gasteiger partial charge in [0, 0.05) is 22.6 Å². The Labute approximate surface area is 239 Å². The van der Waals surface area contributed by atoms with Crippen LogP contribution in [0.2, 0.25) is 0 Å². The van der Waals surface area contributed by atoms with Gasteiger partial charge >= 0.3 is 0 Å². The van der Waals surface area contributed by atoms with Crippen LogP contribution in [0, 0.1) is 11.8 Å². The number of carbonyl (C=O) groups is 3. The number of carboxylic acid groups (broad SMARTS) is 1. The second kappa shape index (κ2) is 9.06. The van der Waals surface area contributed by atoms with E-state index >= 15 is 0 Å². The number of benzene rings is 2. The topological polar surface area (TPSA) is 118 Å². The number of carboxylic acids is 1. The molecule has 6 aliphatic rings. The van der Waals surface area contributed by atoms with Crippen LogP contribution in [0.15, 0.2) is 42.1 Å². The molecule has 1 aliphatic carbocycles. The number of rotatable bonds is 7. The minimum absolute atomic E-state index is 0.0834. The van der Waals surface area contributed by atoms with Crippen molar-refractivity contribution in [3.05, 3.63) is 64.3 Å². The van der Waals surface area contributed by atoms with Crippen molar-refractivity contribution in [2.75, 3.05) is 52.4 Å². The highest BCUT2D eigenvalue weighted by atomic mass is 16.4. The van der Waals surface area contributed by atoms with Crippen molar-refractivity contribution in [2.24, 2.45) is 11.8 Å². The van der Waals surface area contributed by atoms with Gasteiger partial charge in [-0.15, -0.1) is 0 Å². The summed E-state index contributed by atoms with van der Waals surface area (Å²) in [6.07, 6.45) is -0.888. The molecule has 214 valence electrons. The van der Waals surface area contributed by atoms with E-state index in [1.54, 1.807) is 13.0 Å². The van der Waals surface area contributed by atoms with E-state index < -0.39 is 29.9 Å². The number of quaternary nitrogens is 2. The standard InChI is InChI=1S/C32H36N3O6/c1-18-26(29(32(40)41)33-28(18)27(19(2)37)31(33)39)21-4-6-22-24-15-20(3-5-23(24)30(38)25(22)16-21)17-35-10-7-34(8-11-35,9-12-35)13-14-36/h3-6,15-16,18-19,27-28,36-37H,7-14,17H2,1-2H3/q+1/t18-,19+,27+,28+,34?,35?/m0/s1. The van der Waals surface area contributed by atoms with Crippen LogP contribution in [0.4, 0.5) is 0 Å².